The summed E-state index contributed by atoms with van der Waals surface area (Å²) >= 11 is 5.82. The number of aryl methyl sites for hydroxylation is 1. The summed E-state index contributed by atoms with van der Waals surface area (Å²) in [6, 6.07) is 12.7. The molecular formula is C25H32N6S. The van der Waals surface area contributed by atoms with Crippen molar-refractivity contribution in [3.63, 3.8) is 0 Å². The van der Waals surface area contributed by atoms with Crippen molar-refractivity contribution in [2.45, 2.75) is 38.9 Å². The zero-order valence-corrected chi connectivity index (χ0v) is 20.1. The van der Waals surface area contributed by atoms with E-state index in [1.165, 1.54) is 22.5 Å². The maximum atomic E-state index is 5.82. The Hall–Kier alpha value is -2.77. The van der Waals surface area contributed by atoms with E-state index in [1.807, 2.05) is 30.7 Å². The van der Waals surface area contributed by atoms with Gasteiger partial charge in [-0.1, -0.05) is 6.07 Å². The zero-order valence-electron chi connectivity index (χ0n) is 19.3. The summed E-state index contributed by atoms with van der Waals surface area (Å²) in [6.07, 6.45) is 6.62. The Morgan fingerprint density at radius 3 is 2.56 bits per heavy atom. The lowest BCUT2D eigenvalue weighted by molar-refractivity contribution is 0.292. The highest BCUT2D eigenvalue weighted by molar-refractivity contribution is 7.80. The van der Waals surface area contributed by atoms with Gasteiger partial charge in [0.15, 0.2) is 5.11 Å². The number of nitrogens with zero attached hydrogens (tertiary/aromatic N) is 5. The molecule has 0 spiro atoms. The van der Waals surface area contributed by atoms with Crippen LogP contribution in [0.1, 0.15) is 46.7 Å². The van der Waals surface area contributed by atoms with Crippen LogP contribution in [-0.2, 0) is 6.54 Å². The molecule has 0 bridgehead atoms. The van der Waals surface area contributed by atoms with Crippen LogP contribution in [0.4, 0.5) is 0 Å². The van der Waals surface area contributed by atoms with Crippen molar-refractivity contribution in [3.8, 4) is 0 Å². The number of hydrogen-bond acceptors (Lipinski definition) is 4. The van der Waals surface area contributed by atoms with Gasteiger partial charge in [-0.15, -0.1) is 0 Å². The van der Waals surface area contributed by atoms with Gasteiger partial charge in [0.2, 0.25) is 0 Å². The summed E-state index contributed by atoms with van der Waals surface area (Å²) in [5.41, 5.74) is 6.10. The number of aromatic nitrogens is 3. The topological polar surface area (TPSA) is 49.2 Å². The van der Waals surface area contributed by atoms with E-state index in [9.17, 15) is 0 Å². The fourth-order valence-electron chi connectivity index (χ4n) is 4.58. The van der Waals surface area contributed by atoms with E-state index in [0.29, 0.717) is 0 Å². The van der Waals surface area contributed by atoms with Crippen LogP contribution in [0.2, 0.25) is 0 Å². The highest BCUT2D eigenvalue weighted by Crippen LogP contribution is 2.41. The van der Waals surface area contributed by atoms with E-state index >= 15 is 0 Å². The molecule has 4 heterocycles. The molecule has 1 saturated heterocycles. The first-order valence-electron chi connectivity index (χ1n) is 11.1. The number of thiocarbonyl (C=S) groups is 1. The van der Waals surface area contributed by atoms with Crippen molar-refractivity contribution in [3.05, 3.63) is 83.2 Å². The molecule has 1 aliphatic heterocycles. The smallest absolute Gasteiger partial charge is 0.170 e. The van der Waals surface area contributed by atoms with Crippen LogP contribution in [-0.4, -0.2) is 56.6 Å². The molecule has 0 radical (unpaired) electrons. The maximum absolute atomic E-state index is 5.82. The standard InChI is InChI=1S/C25H32N6S/c1-18-16-21(19(2)31(18)17-20-9-12-26-13-10-20)24-23(22-8-5-6-11-27-22)28-25(32)30(24)15-7-14-29(3)4/h5-6,8-13,16,23-24H,7,14-15,17H2,1-4H3,(H,28,32)/t23-,24-/m0/s1. The highest BCUT2D eigenvalue weighted by atomic mass is 32.1. The second kappa shape index (κ2) is 9.79. The molecule has 3 aromatic heterocycles. The van der Waals surface area contributed by atoms with Crippen LogP contribution >= 0.6 is 12.2 Å². The molecular weight excluding hydrogens is 416 g/mol. The minimum absolute atomic E-state index is 0.0259. The van der Waals surface area contributed by atoms with Gasteiger partial charge >= 0.3 is 0 Å². The first kappa shape index (κ1) is 22.4. The third-order valence-corrected chi connectivity index (χ3v) is 6.58. The summed E-state index contributed by atoms with van der Waals surface area (Å²) in [4.78, 5) is 13.4. The van der Waals surface area contributed by atoms with E-state index in [4.69, 9.17) is 12.2 Å². The molecule has 2 atom stereocenters. The lowest BCUT2D eigenvalue weighted by Gasteiger charge is -2.28. The molecule has 0 unspecified atom stereocenters. The van der Waals surface area contributed by atoms with Crippen molar-refractivity contribution >= 4 is 17.3 Å². The zero-order chi connectivity index (χ0) is 22.7. The Labute approximate surface area is 196 Å². The average Bonchev–Trinajstić information content (AvgIpc) is 3.25. The van der Waals surface area contributed by atoms with Gasteiger partial charge in [-0.25, -0.2) is 0 Å². The molecule has 3 aromatic rings. The largest absolute Gasteiger partial charge is 0.352 e. The fraction of sp³-hybridized carbons (Fsp3) is 0.400. The normalized spacial score (nSPS) is 18.4. The quantitative estimate of drug-likeness (QED) is 0.528. The van der Waals surface area contributed by atoms with Gasteiger partial charge < -0.3 is 19.7 Å². The van der Waals surface area contributed by atoms with E-state index in [-0.39, 0.29) is 12.1 Å². The van der Waals surface area contributed by atoms with Gasteiger partial charge in [-0.3, -0.25) is 9.97 Å². The third-order valence-electron chi connectivity index (χ3n) is 6.22. The predicted molar refractivity (Wildman–Crippen MR) is 133 cm³/mol. The lowest BCUT2D eigenvalue weighted by Crippen LogP contribution is -2.32. The molecule has 7 heteroatoms. The molecule has 0 aromatic carbocycles. The maximum Gasteiger partial charge on any atom is 0.170 e. The molecule has 1 aliphatic rings. The van der Waals surface area contributed by atoms with Crippen LogP contribution in [0.5, 0.6) is 0 Å². The van der Waals surface area contributed by atoms with Crippen LogP contribution in [0.25, 0.3) is 0 Å². The highest BCUT2D eigenvalue weighted by Gasteiger charge is 2.41. The van der Waals surface area contributed by atoms with E-state index in [1.54, 1.807) is 0 Å². The van der Waals surface area contributed by atoms with Crippen LogP contribution in [0.3, 0.4) is 0 Å². The first-order valence-corrected chi connectivity index (χ1v) is 11.5. The molecule has 6 nitrogen and oxygen atoms in total. The average molecular weight is 449 g/mol. The monoisotopic (exact) mass is 448 g/mol. The van der Waals surface area contributed by atoms with Crippen LogP contribution in [0.15, 0.2) is 55.0 Å². The van der Waals surface area contributed by atoms with Crippen LogP contribution < -0.4 is 5.32 Å². The summed E-state index contributed by atoms with van der Waals surface area (Å²) in [6.45, 7) is 7.18. The Morgan fingerprint density at radius 2 is 1.88 bits per heavy atom. The van der Waals surface area contributed by atoms with Gasteiger partial charge in [0.05, 0.1) is 17.8 Å². The Balaban J connectivity index is 1.70. The van der Waals surface area contributed by atoms with E-state index in [2.05, 4.69) is 81.9 Å². The summed E-state index contributed by atoms with van der Waals surface area (Å²) in [7, 11) is 4.23. The van der Waals surface area contributed by atoms with Crippen LogP contribution in [0, 0.1) is 13.8 Å². The molecule has 0 amide bonds. The number of rotatable bonds is 8. The Morgan fingerprint density at radius 1 is 1.09 bits per heavy atom. The Bertz CT molecular complexity index is 1050. The van der Waals surface area contributed by atoms with Gasteiger partial charge in [0, 0.05) is 43.1 Å². The minimum Gasteiger partial charge on any atom is -0.352 e. The van der Waals surface area contributed by atoms with Crippen molar-refractivity contribution in [1.29, 1.82) is 0 Å². The van der Waals surface area contributed by atoms with Crippen molar-refractivity contribution in [2.75, 3.05) is 27.2 Å². The molecule has 4 rings (SSSR count). The van der Waals surface area contributed by atoms with Crippen molar-refractivity contribution in [1.82, 2.24) is 29.7 Å². The molecule has 0 aliphatic carbocycles. The van der Waals surface area contributed by atoms with Gasteiger partial charge in [0.1, 0.15) is 0 Å². The predicted octanol–water partition coefficient (Wildman–Crippen LogP) is 3.87. The molecule has 1 fully saturated rings. The summed E-state index contributed by atoms with van der Waals surface area (Å²) in [5, 5.41) is 4.38. The lowest BCUT2D eigenvalue weighted by atomic mass is 9.96. The summed E-state index contributed by atoms with van der Waals surface area (Å²) < 4.78 is 2.39. The first-order chi connectivity index (χ1) is 15.5. The third kappa shape index (κ3) is 4.69. The second-order valence-corrected chi connectivity index (χ2v) is 9.13. The Kier molecular flexibility index (Phi) is 6.86. The second-order valence-electron chi connectivity index (χ2n) is 8.74. The van der Waals surface area contributed by atoms with Crippen molar-refractivity contribution in [2.24, 2.45) is 0 Å². The number of hydrogen-bond donors (Lipinski definition) is 1. The summed E-state index contributed by atoms with van der Waals surface area (Å²) in [5.74, 6) is 0. The molecule has 32 heavy (non-hydrogen) atoms. The number of pyridine rings is 2. The SMILES string of the molecule is Cc1cc([C@H]2[C@H](c3ccccn3)NC(=S)N2CCCN(C)C)c(C)n1Cc1ccncc1. The number of nitrogens with one attached hydrogen (secondary N) is 1. The van der Waals surface area contributed by atoms with Gasteiger partial charge in [-0.05, 0) is 94.6 Å². The minimum atomic E-state index is 0.0259. The van der Waals surface area contributed by atoms with E-state index < -0.39 is 0 Å². The van der Waals surface area contributed by atoms with Crippen molar-refractivity contribution < 1.29 is 0 Å². The fourth-order valence-corrected chi connectivity index (χ4v) is 4.92. The van der Waals surface area contributed by atoms with E-state index in [0.717, 1.165) is 36.9 Å². The molecule has 168 valence electrons. The van der Waals surface area contributed by atoms with Gasteiger partial charge in [0.25, 0.3) is 0 Å². The molecule has 1 N–H and O–H groups in total. The molecule has 0 saturated carbocycles. The van der Waals surface area contributed by atoms with Gasteiger partial charge in [-0.2, -0.15) is 0 Å².